The summed E-state index contributed by atoms with van der Waals surface area (Å²) in [5, 5.41) is 6.38. The van der Waals surface area contributed by atoms with Gasteiger partial charge in [-0.1, -0.05) is 0 Å². The van der Waals surface area contributed by atoms with E-state index in [1.807, 2.05) is 20.1 Å². The maximum absolute atomic E-state index is 5.80. The van der Waals surface area contributed by atoms with Crippen LogP contribution in [0.25, 0.3) is 0 Å². The molecule has 2 N–H and O–H groups in total. The van der Waals surface area contributed by atoms with Gasteiger partial charge in [-0.25, -0.2) is 0 Å². The molecule has 1 heterocycles. The highest BCUT2D eigenvalue weighted by Gasteiger charge is 2.05. The van der Waals surface area contributed by atoms with E-state index < -0.39 is 0 Å². The van der Waals surface area contributed by atoms with Gasteiger partial charge >= 0.3 is 0 Å². The molecule has 0 saturated heterocycles. The first-order valence-corrected chi connectivity index (χ1v) is 6.80. The fraction of sp³-hybridized carbons (Fsp3) is 0.667. The molecule has 0 radical (unpaired) electrons. The zero-order valence-electron chi connectivity index (χ0n) is 9.62. The molecule has 1 aromatic heterocycles. The molecular weight excluding hydrogens is 246 g/mol. The van der Waals surface area contributed by atoms with E-state index in [9.17, 15) is 0 Å². The Labute approximate surface area is 105 Å². The molecule has 7 heteroatoms. The third kappa shape index (κ3) is 4.85. The van der Waals surface area contributed by atoms with Gasteiger partial charge in [-0.05, 0) is 31.7 Å². The number of nitrogens with zero attached hydrogens (tertiary/aromatic N) is 3. The van der Waals surface area contributed by atoms with Crippen LogP contribution in [-0.4, -0.2) is 39.5 Å². The van der Waals surface area contributed by atoms with Crippen LogP contribution in [-0.2, 0) is 0 Å². The Morgan fingerprint density at radius 3 is 2.56 bits per heavy atom. The highest BCUT2D eigenvalue weighted by atomic mass is 35.5. The summed E-state index contributed by atoms with van der Waals surface area (Å²) in [5.41, 5.74) is 0. The van der Waals surface area contributed by atoms with Gasteiger partial charge in [0.25, 0.3) is 0 Å². The van der Waals surface area contributed by atoms with Gasteiger partial charge in [0.1, 0.15) is 0 Å². The van der Waals surface area contributed by atoms with E-state index in [2.05, 4.69) is 25.6 Å². The van der Waals surface area contributed by atoms with Crippen molar-refractivity contribution in [1.29, 1.82) is 0 Å². The van der Waals surface area contributed by atoms with Crippen LogP contribution in [0.4, 0.5) is 11.9 Å². The lowest BCUT2D eigenvalue weighted by molar-refractivity contribution is 0.866. The molecule has 0 aliphatic carbocycles. The maximum atomic E-state index is 5.80. The Bertz CT molecular complexity index is 334. The summed E-state index contributed by atoms with van der Waals surface area (Å²) < 4.78 is 0. The Balaban J connectivity index is 2.65. The molecule has 0 fully saturated rings. The van der Waals surface area contributed by atoms with Gasteiger partial charge in [-0.2, -0.15) is 26.7 Å². The lowest BCUT2D eigenvalue weighted by Gasteiger charge is -2.09. The summed E-state index contributed by atoms with van der Waals surface area (Å²) in [6, 6.07) is 0.262. The predicted molar refractivity (Wildman–Crippen MR) is 70.5 cm³/mol. The minimum atomic E-state index is 0.199. The van der Waals surface area contributed by atoms with E-state index in [1.165, 1.54) is 0 Å². The average Bonchev–Trinajstić information content (AvgIpc) is 2.16. The normalized spacial score (nSPS) is 10.6. The fourth-order valence-electron chi connectivity index (χ4n) is 1.02. The van der Waals surface area contributed by atoms with Crippen molar-refractivity contribution < 1.29 is 0 Å². The highest BCUT2D eigenvalue weighted by Crippen LogP contribution is 2.10. The van der Waals surface area contributed by atoms with Gasteiger partial charge in [-0.15, -0.1) is 0 Å². The second kappa shape index (κ2) is 6.75. The number of rotatable bonds is 6. The van der Waals surface area contributed by atoms with Gasteiger partial charge in [0, 0.05) is 18.3 Å². The smallest absolute Gasteiger partial charge is 0.228 e. The van der Waals surface area contributed by atoms with Crippen LogP contribution in [0.5, 0.6) is 0 Å². The SMILES string of the molecule is CSCCNc1nc(Cl)nc(NC(C)C)n1. The zero-order chi connectivity index (χ0) is 12.0. The van der Waals surface area contributed by atoms with Crippen LogP contribution in [0.2, 0.25) is 5.28 Å². The topological polar surface area (TPSA) is 62.7 Å². The Morgan fingerprint density at radius 1 is 1.25 bits per heavy atom. The molecule has 0 aliphatic rings. The molecule has 0 bridgehead atoms. The monoisotopic (exact) mass is 261 g/mol. The van der Waals surface area contributed by atoms with Crippen molar-refractivity contribution in [2.24, 2.45) is 0 Å². The molecule has 1 aromatic rings. The molecule has 0 aliphatic heterocycles. The maximum Gasteiger partial charge on any atom is 0.228 e. The van der Waals surface area contributed by atoms with Crippen molar-refractivity contribution in [2.45, 2.75) is 19.9 Å². The molecule has 0 unspecified atom stereocenters. The molecule has 0 spiro atoms. The second-order valence-electron chi connectivity index (χ2n) is 3.47. The Hall–Kier alpha value is -0.750. The third-order valence-electron chi connectivity index (χ3n) is 1.62. The molecule has 16 heavy (non-hydrogen) atoms. The van der Waals surface area contributed by atoms with Crippen molar-refractivity contribution in [3.8, 4) is 0 Å². The fourth-order valence-corrected chi connectivity index (χ4v) is 1.48. The third-order valence-corrected chi connectivity index (χ3v) is 2.40. The molecular formula is C9H16ClN5S. The largest absolute Gasteiger partial charge is 0.353 e. The van der Waals surface area contributed by atoms with Crippen LogP contribution >= 0.6 is 23.4 Å². The van der Waals surface area contributed by atoms with Crippen molar-refractivity contribution in [1.82, 2.24) is 15.0 Å². The van der Waals surface area contributed by atoms with Crippen LogP contribution in [0.15, 0.2) is 0 Å². The molecule has 5 nitrogen and oxygen atoms in total. The summed E-state index contributed by atoms with van der Waals surface area (Å²) in [7, 11) is 0. The van der Waals surface area contributed by atoms with Crippen molar-refractivity contribution in [3.05, 3.63) is 5.28 Å². The second-order valence-corrected chi connectivity index (χ2v) is 4.79. The number of nitrogens with one attached hydrogen (secondary N) is 2. The van der Waals surface area contributed by atoms with Gasteiger partial charge < -0.3 is 10.6 Å². The lowest BCUT2D eigenvalue weighted by atomic mass is 10.4. The van der Waals surface area contributed by atoms with Crippen molar-refractivity contribution in [3.63, 3.8) is 0 Å². The van der Waals surface area contributed by atoms with Crippen LogP contribution < -0.4 is 10.6 Å². The predicted octanol–water partition coefficient (Wildman–Crippen LogP) is 2.12. The molecule has 90 valence electrons. The van der Waals surface area contributed by atoms with Gasteiger partial charge in [0.15, 0.2) is 0 Å². The molecule has 1 rings (SSSR count). The molecule has 0 atom stereocenters. The lowest BCUT2D eigenvalue weighted by Crippen LogP contribution is -2.15. The number of halogens is 1. The summed E-state index contributed by atoms with van der Waals surface area (Å²) in [6.45, 7) is 4.83. The van der Waals surface area contributed by atoms with Crippen LogP contribution in [0, 0.1) is 0 Å². The number of thioether (sulfide) groups is 1. The van der Waals surface area contributed by atoms with E-state index in [0.717, 1.165) is 12.3 Å². The first-order chi connectivity index (χ1) is 7.61. The first kappa shape index (κ1) is 13.3. The highest BCUT2D eigenvalue weighted by molar-refractivity contribution is 7.98. The van der Waals surface area contributed by atoms with Crippen molar-refractivity contribution >= 4 is 35.3 Å². The number of anilines is 2. The van der Waals surface area contributed by atoms with Crippen molar-refractivity contribution in [2.75, 3.05) is 29.2 Å². The summed E-state index contributed by atoms with van der Waals surface area (Å²) in [5.74, 6) is 2.01. The minimum absolute atomic E-state index is 0.199. The summed E-state index contributed by atoms with van der Waals surface area (Å²) in [6.07, 6.45) is 2.05. The van der Waals surface area contributed by atoms with Gasteiger partial charge in [-0.3, -0.25) is 0 Å². The molecule has 0 saturated carbocycles. The number of aromatic nitrogens is 3. The van der Waals surface area contributed by atoms with Gasteiger partial charge in [0.2, 0.25) is 17.2 Å². The minimum Gasteiger partial charge on any atom is -0.353 e. The van der Waals surface area contributed by atoms with Gasteiger partial charge in [0.05, 0.1) is 0 Å². The summed E-state index contributed by atoms with van der Waals surface area (Å²) in [4.78, 5) is 12.2. The Morgan fingerprint density at radius 2 is 1.94 bits per heavy atom. The van der Waals surface area contributed by atoms with E-state index in [-0.39, 0.29) is 11.3 Å². The number of hydrogen-bond donors (Lipinski definition) is 2. The van der Waals surface area contributed by atoms with Crippen LogP contribution in [0.3, 0.4) is 0 Å². The number of hydrogen-bond acceptors (Lipinski definition) is 6. The average molecular weight is 262 g/mol. The van der Waals surface area contributed by atoms with Crippen LogP contribution in [0.1, 0.15) is 13.8 Å². The van der Waals surface area contributed by atoms with E-state index in [4.69, 9.17) is 11.6 Å². The van der Waals surface area contributed by atoms with E-state index in [1.54, 1.807) is 11.8 Å². The Kier molecular flexibility index (Phi) is 5.62. The first-order valence-electron chi connectivity index (χ1n) is 5.02. The zero-order valence-corrected chi connectivity index (χ0v) is 11.2. The van der Waals surface area contributed by atoms with E-state index >= 15 is 0 Å². The molecule has 0 aromatic carbocycles. The summed E-state index contributed by atoms with van der Waals surface area (Å²) >= 11 is 7.56. The standard InChI is InChI=1S/C9H16ClN5S/c1-6(2)12-9-14-7(10)13-8(15-9)11-4-5-16-3/h6H,4-5H2,1-3H3,(H2,11,12,13,14,15). The quantitative estimate of drug-likeness (QED) is 0.765. The van der Waals surface area contributed by atoms with E-state index in [0.29, 0.717) is 11.9 Å². The molecule has 0 amide bonds.